The summed E-state index contributed by atoms with van der Waals surface area (Å²) in [6.07, 6.45) is 0.665. The maximum Gasteiger partial charge on any atom is 0.237 e. The SMILES string of the molecule is CNC(=O)[C@@H]1C[C@@H](N)CN1Cc1ccc(-c2nc3ccccc3n2C)o1. The van der Waals surface area contributed by atoms with Crippen molar-refractivity contribution in [2.45, 2.75) is 25.0 Å². The minimum absolute atomic E-state index is 0.0000745. The summed E-state index contributed by atoms with van der Waals surface area (Å²) in [7, 11) is 3.63. The van der Waals surface area contributed by atoms with Gasteiger partial charge in [-0.3, -0.25) is 9.69 Å². The number of hydrogen-bond donors (Lipinski definition) is 2. The molecule has 7 heteroatoms. The average Bonchev–Trinajstić information content (AvgIpc) is 3.33. The predicted molar refractivity (Wildman–Crippen MR) is 99.3 cm³/mol. The van der Waals surface area contributed by atoms with Crippen LogP contribution in [0.4, 0.5) is 0 Å². The van der Waals surface area contributed by atoms with E-state index in [0.29, 0.717) is 19.5 Å². The maximum atomic E-state index is 12.1. The Bertz CT molecular complexity index is 944. The van der Waals surface area contributed by atoms with Gasteiger partial charge in [0.25, 0.3) is 0 Å². The normalized spacial score (nSPS) is 20.7. The number of aromatic nitrogens is 2. The van der Waals surface area contributed by atoms with Gasteiger partial charge in [0, 0.05) is 26.7 Å². The van der Waals surface area contributed by atoms with E-state index in [9.17, 15) is 4.79 Å². The molecule has 1 aromatic carbocycles. The van der Waals surface area contributed by atoms with Gasteiger partial charge in [-0.15, -0.1) is 0 Å². The molecule has 0 spiro atoms. The molecule has 2 aromatic heterocycles. The van der Waals surface area contributed by atoms with Crippen molar-refractivity contribution in [3.63, 3.8) is 0 Å². The summed E-state index contributed by atoms with van der Waals surface area (Å²) in [5.41, 5.74) is 8.05. The van der Waals surface area contributed by atoms with Gasteiger partial charge in [0.15, 0.2) is 11.6 Å². The van der Waals surface area contributed by atoms with E-state index in [2.05, 4.69) is 15.2 Å². The zero-order chi connectivity index (χ0) is 18.3. The lowest BCUT2D eigenvalue weighted by Crippen LogP contribution is -2.41. The van der Waals surface area contributed by atoms with Crippen LogP contribution in [0.15, 0.2) is 40.8 Å². The molecular weight excluding hydrogens is 330 g/mol. The quantitative estimate of drug-likeness (QED) is 0.742. The zero-order valence-corrected chi connectivity index (χ0v) is 15.0. The second-order valence-electron chi connectivity index (χ2n) is 6.80. The largest absolute Gasteiger partial charge is 0.456 e. The molecule has 26 heavy (non-hydrogen) atoms. The van der Waals surface area contributed by atoms with Gasteiger partial charge < -0.3 is 20.0 Å². The number of carbonyl (C=O) groups is 1. The van der Waals surface area contributed by atoms with Gasteiger partial charge >= 0.3 is 0 Å². The van der Waals surface area contributed by atoms with Crippen molar-refractivity contribution in [2.75, 3.05) is 13.6 Å². The Labute approximate surface area is 151 Å². The second kappa shape index (κ2) is 6.59. The van der Waals surface area contributed by atoms with Gasteiger partial charge in [0.05, 0.1) is 23.6 Å². The van der Waals surface area contributed by atoms with E-state index >= 15 is 0 Å². The number of benzene rings is 1. The molecule has 0 saturated carbocycles. The van der Waals surface area contributed by atoms with Crippen LogP contribution in [0.5, 0.6) is 0 Å². The predicted octanol–water partition coefficient (Wildman–Crippen LogP) is 1.48. The molecule has 0 unspecified atom stereocenters. The fraction of sp³-hybridized carbons (Fsp3) is 0.368. The Kier molecular flexibility index (Phi) is 4.26. The third-order valence-corrected chi connectivity index (χ3v) is 5.01. The molecule has 3 heterocycles. The van der Waals surface area contributed by atoms with E-state index < -0.39 is 0 Å². The van der Waals surface area contributed by atoms with Crippen molar-refractivity contribution in [1.29, 1.82) is 0 Å². The Morgan fingerprint density at radius 2 is 2.15 bits per heavy atom. The van der Waals surface area contributed by atoms with Crippen LogP contribution in [0.1, 0.15) is 12.2 Å². The summed E-state index contributed by atoms with van der Waals surface area (Å²) in [6.45, 7) is 1.23. The molecule has 1 fully saturated rings. The van der Waals surface area contributed by atoms with Crippen LogP contribution in [0.25, 0.3) is 22.6 Å². The smallest absolute Gasteiger partial charge is 0.237 e. The van der Waals surface area contributed by atoms with Crippen LogP contribution < -0.4 is 11.1 Å². The maximum absolute atomic E-state index is 12.1. The van der Waals surface area contributed by atoms with Crippen LogP contribution >= 0.6 is 0 Å². The number of likely N-dealkylation sites (N-methyl/N-ethyl adjacent to an activating group) is 1. The number of likely N-dealkylation sites (tertiary alicyclic amines) is 1. The number of aryl methyl sites for hydroxylation is 1. The second-order valence-corrected chi connectivity index (χ2v) is 6.80. The van der Waals surface area contributed by atoms with Crippen molar-refractivity contribution in [3.8, 4) is 11.6 Å². The summed E-state index contributed by atoms with van der Waals surface area (Å²) in [4.78, 5) is 18.8. The molecule has 0 bridgehead atoms. The monoisotopic (exact) mass is 353 g/mol. The minimum atomic E-state index is -0.209. The highest BCUT2D eigenvalue weighted by molar-refractivity contribution is 5.82. The van der Waals surface area contributed by atoms with E-state index in [4.69, 9.17) is 10.2 Å². The molecule has 0 aliphatic carbocycles. The van der Waals surface area contributed by atoms with Crippen LogP contribution in [0, 0.1) is 0 Å². The van der Waals surface area contributed by atoms with Gasteiger partial charge in [-0.05, 0) is 30.7 Å². The number of carbonyl (C=O) groups excluding carboxylic acids is 1. The molecular formula is C19H23N5O2. The van der Waals surface area contributed by atoms with Gasteiger partial charge in [-0.1, -0.05) is 12.1 Å². The van der Waals surface area contributed by atoms with Gasteiger partial charge in [0.1, 0.15) is 5.76 Å². The number of rotatable bonds is 4. The third-order valence-electron chi connectivity index (χ3n) is 5.01. The number of fused-ring (bicyclic) bond motifs is 1. The summed E-state index contributed by atoms with van der Waals surface area (Å²) >= 11 is 0. The number of amides is 1. The van der Waals surface area contributed by atoms with Crippen LogP contribution in [-0.2, 0) is 18.4 Å². The van der Waals surface area contributed by atoms with Crippen molar-refractivity contribution >= 4 is 16.9 Å². The molecule has 4 rings (SSSR count). The van der Waals surface area contributed by atoms with Crippen molar-refractivity contribution in [3.05, 3.63) is 42.2 Å². The molecule has 2 atom stereocenters. The first kappa shape index (κ1) is 16.8. The van der Waals surface area contributed by atoms with E-state index in [0.717, 1.165) is 28.4 Å². The Hall–Kier alpha value is -2.64. The Balaban J connectivity index is 1.58. The van der Waals surface area contributed by atoms with Crippen molar-refractivity contribution in [1.82, 2.24) is 19.8 Å². The first-order valence-electron chi connectivity index (χ1n) is 8.78. The van der Waals surface area contributed by atoms with Crippen molar-refractivity contribution < 1.29 is 9.21 Å². The number of imidazole rings is 1. The third kappa shape index (κ3) is 2.89. The van der Waals surface area contributed by atoms with Crippen molar-refractivity contribution in [2.24, 2.45) is 12.8 Å². The van der Waals surface area contributed by atoms with E-state index in [1.807, 2.05) is 48.0 Å². The molecule has 0 radical (unpaired) electrons. The highest BCUT2D eigenvalue weighted by atomic mass is 16.3. The van der Waals surface area contributed by atoms with E-state index in [1.54, 1.807) is 7.05 Å². The molecule has 1 saturated heterocycles. The van der Waals surface area contributed by atoms with Gasteiger partial charge in [-0.25, -0.2) is 4.98 Å². The lowest BCUT2D eigenvalue weighted by Gasteiger charge is -2.21. The topological polar surface area (TPSA) is 89.3 Å². The Morgan fingerprint density at radius 3 is 2.92 bits per heavy atom. The number of hydrogen-bond acceptors (Lipinski definition) is 5. The molecule has 1 amide bonds. The van der Waals surface area contributed by atoms with Gasteiger partial charge in [-0.2, -0.15) is 0 Å². The zero-order valence-electron chi connectivity index (χ0n) is 15.0. The first-order chi connectivity index (χ1) is 12.6. The standard InChI is InChI=1S/C19H23N5O2/c1-21-19(25)16-9-12(20)10-24(16)11-13-7-8-17(26-13)18-22-14-5-3-4-6-15(14)23(18)2/h3-8,12,16H,9-11,20H2,1-2H3,(H,21,25)/t12-,16+/m1/s1. The molecule has 7 nitrogen and oxygen atoms in total. The van der Waals surface area contributed by atoms with Crippen LogP contribution in [-0.4, -0.2) is 46.0 Å². The van der Waals surface area contributed by atoms with E-state index in [-0.39, 0.29) is 18.0 Å². The van der Waals surface area contributed by atoms with Crippen LogP contribution in [0.2, 0.25) is 0 Å². The number of nitrogens with two attached hydrogens (primary N) is 1. The van der Waals surface area contributed by atoms with Crippen LogP contribution in [0.3, 0.4) is 0 Å². The average molecular weight is 353 g/mol. The highest BCUT2D eigenvalue weighted by Crippen LogP contribution is 2.27. The summed E-state index contributed by atoms with van der Waals surface area (Å²) in [6, 6.07) is 11.7. The van der Waals surface area contributed by atoms with Gasteiger partial charge in [0.2, 0.25) is 5.91 Å². The number of nitrogens with one attached hydrogen (secondary N) is 1. The summed E-state index contributed by atoms with van der Waals surface area (Å²) < 4.78 is 8.07. The molecule has 3 aromatic rings. The molecule has 136 valence electrons. The fourth-order valence-corrected chi connectivity index (χ4v) is 3.70. The Morgan fingerprint density at radius 1 is 1.35 bits per heavy atom. The molecule has 3 N–H and O–H groups in total. The highest BCUT2D eigenvalue weighted by Gasteiger charge is 2.35. The number of furan rings is 1. The molecule has 1 aliphatic rings. The fourth-order valence-electron chi connectivity index (χ4n) is 3.70. The lowest BCUT2D eigenvalue weighted by molar-refractivity contribution is -0.125. The summed E-state index contributed by atoms with van der Waals surface area (Å²) in [5.74, 6) is 2.31. The lowest BCUT2D eigenvalue weighted by atomic mass is 10.1. The minimum Gasteiger partial charge on any atom is -0.456 e. The first-order valence-corrected chi connectivity index (χ1v) is 8.78. The number of para-hydroxylation sites is 2. The molecule has 1 aliphatic heterocycles. The summed E-state index contributed by atoms with van der Waals surface area (Å²) in [5, 5.41) is 2.72. The van der Waals surface area contributed by atoms with E-state index in [1.165, 1.54) is 0 Å². The number of nitrogens with zero attached hydrogens (tertiary/aromatic N) is 3.